The van der Waals surface area contributed by atoms with Crippen molar-refractivity contribution < 1.29 is 9.47 Å². The highest BCUT2D eigenvalue weighted by molar-refractivity contribution is 6.30. The van der Waals surface area contributed by atoms with Gasteiger partial charge in [-0.1, -0.05) is 23.7 Å². The molecule has 2 aromatic carbocycles. The highest BCUT2D eigenvalue weighted by atomic mass is 35.5. The van der Waals surface area contributed by atoms with Gasteiger partial charge in [-0.3, -0.25) is 4.98 Å². The van der Waals surface area contributed by atoms with Gasteiger partial charge in [0.2, 0.25) is 6.79 Å². The van der Waals surface area contributed by atoms with Crippen LogP contribution in [0.5, 0.6) is 11.5 Å². The van der Waals surface area contributed by atoms with Crippen molar-refractivity contribution in [1.29, 1.82) is 0 Å². The minimum Gasteiger partial charge on any atom is -0.454 e. The zero-order chi connectivity index (χ0) is 18.3. The Bertz CT molecular complexity index is 984. The van der Waals surface area contributed by atoms with Gasteiger partial charge in [0.1, 0.15) is 0 Å². The Labute approximate surface area is 163 Å². The van der Waals surface area contributed by atoms with Crippen molar-refractivity contribution in [2.75, 3.05) is 18.7 Å². The fourth-order valence-electron chi connectivity index (χ4n) is 3.54. The standard InChI is InChI=1S/C22H19ClN2O2/c23-17-3-1-15(2-4-17)19-11-16(7-10-24-19)22(8-9-22)13-25-18-5-6-20-21(12-18)27-14-26-20/h1-7,10-12,25H,8-9,13-14H2. The molecular formula is C22H19ClN2O2. The van der Waals surface area contributed by atoms with Crippen LogP contribution in [0.2, 0.25) is 5.02 Å². The lowest BCUT2D eigenvalue weighted by molar-refractivity contribution is 0.174. The molecule has 5 heteroatoms. The van der Waals surface area contributed by atoms with Crippen molar-refractivity contribution in [3.8, 4) is 22.8 Å². The number of benzene rings is 2. The van der Waals surface area contributed by atoms with E-state index in [-0.39, 0.29) is 5.41 Å². The minimum atomic E-state index is 0.167. The number of hydrogen-bond acceptors (Lipinski definition) is 4. The predicted molar refractivity (Wildman–Crippen MR) is 107 cm³/mol. The van der Waals surface area contributed by atoms with E-state index in [1.54, 1.807) is 0 Å². The van der Waals surface area contributed by atoms with Gasteiger partial charge in [-0.15, -0.1) is 0 Å². The van der Waals surface area contributed by atoms with Crippen molar-refractivity contribution in [1.82, 2.24) is 4.98 Å². The quantitative estimate of drug-likeness (QED) is 0.656. The Kier molecular flexibility index (Phi) is 3.94. The molecule has 4 nitrogen and oxygen atoms in total. The maximum Gasteiger partial charge on any atom is 0.231 e. The van der Waals surface area contributed by atoms with Crippen LogP contribution >= 0.6 is 11.6 Å². The maximum absolute atomic E-state index is 6.00. The van der Waals surface area contributed by atoms with E-state index in [4.69, 9.17) is 21.1 Å². The summed E-state index contributed by atoms with van der Waals surface area (Å²) in [7, 11) is 0. The second-order valence-electron chi connectivity index (χ2n) is 7.14. The summed E-state index contributed by atoms with van der Waals surface area (Å²) in [5.74, 6) is 1.61. The normalized spacial score (nSPS) is 16.2. The second kappa shape index (κ2) is 6.46. The molecule has 1 aromatic heterocycles. The Morgan fingerprint density at radius 1 is 0.963 bits per heavy atom. The van der Waals surface area contributed by atoms with Gasteiger partial charge < -0.3 is 14.8 Å². The molecular weight excluding hydrogens is 360 g/mol. The van der Waals surface area contributed by atoms with E-state index in [2.05, 4.69) is 22.4 Å². The second-order valence-corrected chi connectivity index (χ2v) is 7.58. The summed E-state index contributed by atoms with van der Waals surface area (Å²) < 4.78 is 10.8. The molecule has 136 valence electrons. The minimum absolute atomic E-state index is 0.167. The van der Waals surface area contributed by atoms with Crippen LogP contribution in [0.4, 0.5) is 5.69 Å². The van der Waals surface area contributed by atoms with Crippen LogP contribution in [-0.4, -0.2) is 18.3 Å². The fourth-order valence-corrected chi connectivity index (χ4v) is 3.66. The van der Waals surface area contributed by atoms with Gasteiger partial charge in [-0.05, 0) is 54.8 Å². The monoisotopic (exact) mass is 378 g/mol. The summed E-state index contributed by atoms with van der Waals surface area (Å²) in [6, 6.07) is 18.2. The summed E-state index contributed by atoms with van der Waals surface area (Å²) in [6.07, 6.45) is 4.25. The third-order valence-corrected chi connectivity index (χ3v) is 5.62. The molecule has 1 aliphatic carbocycles. The van der Waals surface area contributed by atoms with Crippen LogP contribution in [0.25, 0.3) is 11.3 Å². The first-order valence-corrected chi connectivity index (χ1v) is 9.46. The van der Waals surface area contributed by atoms with E-state index in [0.717, 1.165) is 40.0 Å². The molecule has 0 saturated heterocycles. The van der Waals surface area contributed by atoms with E-state index in [0.29, 0.717) is 6.79 Å². The summed E-state index contributed by atoms with van der Waals surface area (Å²) in [6.45, 7) is 1.18. The van der Waals surface area contributed by atoms with Crippen LogP contribution in [0.15, 0.2) is 60.8 Å². The van der Waals surface area contributed by atoms with E-state index >= 15 is 0 Å². The molecule has 0 radical (unpaired) electrons. The Morgan fingerprint density at radius 2 is 1.78 bits per heavy atom. The number of rotatable bonds is 5. The Hall–Kier alpha value is -2.72. The molecule has 1 saturated carbocycles. The molecule has 3 aromatic rings. The van der Waals surface area contributed by atoms with Crippen molar-refractivity contribution in [3.05, 3.63) is 71.4 Å². The molecule has 27 heavy (non-hydrogen) atoms. The lowest BCUT2D eigenvalue weighted by Gasteiger charge is -2.18. The van der Waals surface area contributed by atoms with Crippen molar-refractivity contribution in [2.45, 2.75) is 18.3 Å². The molecule has 0 bridgehead atoms. The average molecular weight is 379 g/mol. The van der Waals surface area contributed by atoms with Crippen LogP contribution in [0, 0.1) is 0 Å². The van der Waals surface area contributed by atoms with E-state index < -0.39 is 0 Å². The SMILES string of the molecule is Clc1ccc(-c2cc(C3(CNc4ccc5c(c4)OCO5)CC3)ccn2)cc1. The van der Waals surface area contributed by atoms with Gasteiger partial charge in [0, 0.05) is 40.5 Å². The number of anilines is 1. The summed E-state index contributed by atoms with van der Waals surface area (Å²) in [4.78, 5) is 4.54. The number of fused-ring (bicyclic) bond motifs is 1. The van der Waals surface area contributed by atoms with Gasteiger partial charge >= 0.3 is 0 Å². The topological polar surface area (TPSA) is 43.4 Å². The first-order valence-electron chi connectivity index (χ1n) is 9.08. The molecule has 5 rings (SSSR count). The number of nitrogens with zero attached hydrogens (tertiary/aromatic N) is 1. The van der Waals surface area contributed by atoms with Crippen LogP contribution in [0.1, 0.15) is 18.4 Å². The third kappa shape index (κ3) is 3.21. The summed E-state index contributed by atoms with van der Waals surface area (Å²) in [5.41, 5.74) is 4.62. The van der Waals surface area contributed by atoms with Gasteiger partial charge in [-0.2, -0.15) is 0 Å². The Balaban J connectivity index is 1.35. The molecule has 0 amide bonds. The predicted octanol–water partition coefficient (Wildman–Crippen LogP) is 5.27. The number of hydrogen-bond donors (Lipinski definition) is 1. The van der Waals surface area contributed by atoms with Crippen molar-refractivity contribution in [3.63, 3.8) is 0 Å². The van der Waals surface area contributed by atoms with Gasteiger partial charge in [-0.25, -0.2) is 0 Å². The zero-order valence-corrected chi connectivity index (χ0v) is 15.5. The van der Waals surface area contributed by atoms with E-state index in [9.17, 15) is 0 Å². The lowest BCUT2D eigenvalue weighted by Crippen LogP contribution is -2.19. The highest BCUT2D eigenvalue weighted by Crippen LogP contribution is 2.49. The molecule has 2 aliphatic rings. The van der Waals surface area contributed by atoms with Gasteiger partial charge in [0.15, 0.2) is 11.5 Å². The number of halogens is 1. The molecule has 1 fully saturated rings. The third-order valence-electron chi connectivity index (χ3n) is 5.37. The molecule has 0 spiro atoms. The molecule has 0 unspecified atom stereocenters. The van der Waals surface area contributed by atoms with Crippen LogP contribution < -0.4 is 14.8 Å². The van der Waals surface area contributed by atoms with E-state index in [1.165, 1.54) is 18.4 Å². The van der Waals surface area contributed by atoms with Crippen molar-refractivity contribution in [2.24, 2.45) is 0 Å². The molecule has 0 atom stereocenters. The number of nitrogens with one attached hydrogen (secondary N) is 1. The average Bonchev–Trinajstić information content (AvgIpc) is 3.36. The highest BCUT2D eigenvalue weighted by Gasteiger charge is 2.44. The summed E-state index contributed by atoms with van der Waals surface area (Å²) in [5, 5.41) is 4.31. The fraction of sp³-hybridized carbons (Fsp3) is 0.227. The van der Waals surface area contributed by atoms with Gasteiger partial charge in [0.05, 0.1) is 5.69 Å². The maximum atomic E-state index is 6.00. The van der Waals surface area contributed by atoms with Crippen molar-refractivity contribution >= 4 is 17.3 Å². The number of pyridine rings is 1. The molecule has 1 N–H and O–H groups in total. The molecule has 1 aliphatic heterocycles. The lowest BCUT2D eigenvalue weighted by atomic mass is 9.95. The first kappa shape index (κ1) is 16.5. The van der Waals surface area contributed by atoms with E-state index in [1.807, 2.05) is 48.7 Å². The van der Waals surface area contributed by atoms with Crippen LogP contribution in [0.3, 0.4) is 0 Å². The zero-order valence-electron chi connectivity index (χ0n) is 14.7. The first-order chi connectivity index (χ1) is 13.2. The van der Waals surface area contributed by atoms with Gasteiger partial charge in [0.25, 0.3) is 0 Å². The smallest absolute Gasteiger partial charge is 0.231 e. The van der Waals surface area contributed by atoms with Crippen LogP contribution in [-0.2, 0) is 5.41 Å². The molecule has 2 heterocycles. The number of aromatic nitrogens is 1. The largest absolute Gasteiger partial charge is 0.454 e. The Morgan fingerprint density at radius 3 is 2.59 bits per heavy atom. The summed E-state index contributed by atoms with van der Waals surface area (Å²) >= 11 is 6.00. The number of ether oxygens (including phenoxy) is 2.